The molecule has 1 aromatic carbocycles. The summed E-state index contributed by atoms with van der Waals surface area (Å²) in [6.07, 6.45) is 1.21. The van der Waals surface area contributed by atoms with Crippen LogP contribution in [0.1, 0.15) is 38.8 Å². The first-order chi connectivity index (χ1) is 10.1. The van der Waals surface area contributed by atoms with Crippen molar-refractivity contribution in [3.05, 3.63) is 28.2 Å². The highest BCUT2D eigenvalue weighted by Crippen LogP contribution is 2.31. The van der Waals surface area contributed by atoms with Gasteiger partial charge in [-0.2, -0.15) is 0 Å². The Morgan fingerprint density at radius 2 is 2.10 bits per heavy atom. The zero-order valence-electron chi connectivity index (χ0n) is 13.7. The van der Waals surface area contributed by atoms with E-state index in [0.29, 0.717) is 12.1 Å². The zero-order valence-corrected chi connectivity index (χ0v) is 15.3. The number of hydrogen-bond acceptors (Lipinski definition) is 3. The zero-order chi connectivity index (χ0) is 15.4. The van der Waals surface area contributed by atoms with Crippen molar-refractivity contribution in [2.45, 2.75) is 39.3 Å². The van der Waals surface area contributed by atoms with Gasteiger partial charge in [0, 0.05) is 41.9 Å². The van der Waals surface area contributed by atoms with E-state index in [1.807, 2.05) is 0 Å². The Hall–Kier alpha value is -0.580. The minimum absolute atomic E-state index is 0.377. The Kier molecular flexibility index (Phi) is 6.08. The number of hydrogen-bond donors (Lipinski definition) is 1. The van der Waals surface area contributed by atoms with E-state index in [9.17, 15) is 0 Å². The fourth-order valence-electron chi connectivity index (χ4n) is 3.18. The van der Waals surface area contributed by atoms with Gasteiger partial charge in [-0.05, 0) is 50.7 Å². The summed E-state index contributed by atoms with van der Waals surface area (Å²) in [5, 5.41) is 3.54. The molecule has 0 radical (unpaired) electrons. The number of piperazine rings is 1. The van der Waals surface area contributed by atoms with Gasteiger partial charge < -0.3 is 10.2 Å². The van der Waals surface area contributed by atoms with Gasteiger partial charge in [0.15, 0.2) is 0 Å². The van der Waals surface area contributed by atoms with E-state index in [-0.39, 0.29) is 0 Å². The van der Waals surface area contributed by atoms with Crippen molar-refractivity contribution in [3.8, 4) is 0 Å². The highest BCUT2D eigenvalue weighted by molar-refractivity contribution is 9.10. The van der Waals surface area contributed by atoms with Crippen molar-refractivity contribution < 1.29 is 0 Å². The second kappa shape index (κ2) is 7.61. The number of halogens is 1. The van der Waals surface area contributed by atoms with Crippen LogP contribution in [-0.4, -0.2) is 44.2 Å². The maximum atomic E-state index is 3.62. The van der Waals surface area contributed by atoms with Gasteiger partial charge in [-0.3, -0.25) is 4.90 Å². The third kappa shape index (κ3) is 3.99. The molecule has 2 unspecified atom stereocenters. The summed E-state index contributed by atoms with van der Waals surface area (Å²) in [5.41, 5.74) is 2.78. The normalized spacial score (nSPS) is 21.6. The molecule has 1 heterocycles. The lowest BCUT2D eigenvalue weighted by Gasteiger charge is -2.41. The van der Waals surface area contributed by atoms with Crippen LogP contribution in [0.3, 0.4) is 0 Å². The summed E-state index contributed by atoms with van der Waals surface area (Å²) in [6.45, 7) is 11.1. The average Bonchev–Trinajstić information content (AvgIpc) is 2.48. The van der Waals surface area contributed by atoms with Crippen molar-refractivity contribution in [2.24, 2.45) is 0 Å². The quantitative estimate of drug-likeness (QED) is 0.871. The molecule has 0 amide bonds. The number of likely N-dealkylation sites (N-methyl/N-ethyl adjacent to an activating group) is 1. The molecular formula is C17H28BrN3. The van der Waals surface area contributed by atoms with Crippen molar-refractivity contribution in [1.82, 2.24) is 10.2 Å². The molecule has 2 atom stereocenters. The lowest BCUT2D eigenvalue weighted by Crippen LogP contribution is -2.51. The second-order valence-electron chi connectivity index (χ2n) is 5.97. The fourth-order valence-corrected chi connectivity index (χ4v) is 3.56. The molecule has 0 saturated carbocycles. The molecule has 118 valence electrons. The number of rotatable bonds is 5. The molecule has 2 rings (SSSR count). The van der Waals surface area contributed by atoms with E-state index >= 15 is 0 Å². The topological polar surface area (TPSA) is 18.5 Å². The van der Waals surface area contributed by atoms with Gasteiger partial charge in [0.2, 0.25) is 0 Å². The number of nitrogens with zero attached hydrogens (tertiary/aromatic N) is 2. The van der Waals surface area contributed by atoms with Crippen LogP contribution in [-0.2, 0) is 0 Å². The smallest absolute Gasteiger partial charge is 0.0416 e. The molecule has 0 spiro atoms. The van der Waals surface area contributed by atoms with Gasteiger partial charge in [0.1, 0.15) is 0 Å². The van der Waals surface area contributed by atoms with Crippen molar-refractivity contribution in [2.75, 3.05) is 38.1 Å². The minimum Gasteiger partial charge on any atom is -0.368 e. The molecule has 1 saturated heterocycles. The molecule has 1 aromatic rings. The van der Waals surface area contributed by atoms with Crippen molar-refractivity contribution >= 4 is 21.6 Å². The maximum Gasteiger partial charge on any atom is 0.0416 e. The van der Waals surface area contributed by atoms with Crippen LogP contribution in [0.15, 0.2) is 22.7 Å². The van der Waals surface area contributed by atoms with E-state index in [0.717, 1.165) is 30.7 Å². The van der Waals surface area contributed by atoms with E-state index in [2.05, 4.69) is 77.1 Å². The van der Waals surface area contributed by atoms with Crippen LogP contribution in [0, 0.1) is 0 Å². The van der Waals surface area contributed by atoms with Crippen LogP contribution in [0.4, 0.5) is 5.69 Å². The Bertz CT molecular complexity index is 463. The molecule has 4 heteroatoms. The van der Waals surface area contributed by atoms with Gasteiger partial charge >= 0.3 is 0 Å². The summed E-state index contributed by atoms with van der Waals surface area (Å²) in [5.74, 6) is 0. The van der Waals surface area contributed by atoms with E-state index in [1.165, 1.54) is 17.7 Å². The Balaban J connectivity index is 2.26. The predicted octanol–water partition coefficient (Wildman–Crippen LogP) is 3.65. The van der Waals surface area contributed by atoms with Gasteiger partial charge in [-0.15, -0.1) is 0 Å². The third-order valence-corrected chi connectivity index (χ3v) is 5.05. The van der Waals surface area contributed by atoms with Gasteiger partial charge in [-0.1, -0.05) is 29.8 Å². The molecule has 0 aliphatic carbocycles. The van der Waals surface area contributed by atoms with Crippen molar-refractivity contribution in [3.63, 3.8) is 0 Å². The Morgan fingerprint density at radius 1 is 1.33 bits per heavy atom. The largest absolute Gasteiger partial charge is 0.368 e. The van der Waals surface area contributed by atoms with E-state index in [4.69, 9.17) is 0 Å². The molecule has 0 bridgehead atoms. The molecule has 3 nitrogen and oxygen atoms in total. The summed E-state index contributed by atoms with van der Waals surface area (Å²) in [4.78, 5) is 5.05. The van der Waals surface area contributed by atoms with Crippen LogP contribution < -0.4 is 10.2 Å². The highest BCUT2D eigenvalue weighted by Gasteiger charge is 2.25. The summed E-state index contributed by atoms with van der Waals surface area (Å²) in [7, 11) is 2.25. The molecule has 1 aliphatic rings. The lowest BCUT2D eigenvalue weighted by atomic mass is 10.0. The standard InChI is InChI=1S/C17H28BrN3/c1-5-15-12-21(10-9-20(15)4)17-8-7-14(18)11-16(17)13(3)19-6-2/h7-8,11,13,15,19H,5-6,9-10,12H2,1-4H3. The highest BCUT2D eigenvalue weighted by atomic mass is 79.9. The average molecular weight is 354 g/mol. The first kappa shape index (κ1) is 16.8. The first-order valence-electron chi connectivity index (χ1n) is 8.04. The molecular weight excluding hydrogens is 326 g/mol. The van der Waals surface area contributed by atoms with Crippen LogP contribution >= 0.6 is 15.9 Å². The van der Waals surface area contributed by atoms with Crippen molar-refractivity contribution in [1.29, 1.82) is 0 Å². The number of anilines is 1. The molecule has 0 aromatic heterocycles. The summed E-state index contributed by atoms with van der Waals surface area (Å²) in [6, 6.07) is 7.73. The molecule has 1 aliphatic heterocycles. The van der Waals surface area contributed by atoms with E-state index < -0.39 is 0 Å². The molecule has 1 fully saturated rings. The first-order valence-corrected chi connectivity index (χ1v) is 8.84. The number of nitrogens with one attached hydrogen (secondary N) is 1. The minimum atomic E-state index is 0.377. The van der Waals surface area contributed by atoms with Gasteiger partial charge in [-0.25, -0.2) is 0 Å². The van der Waals surface area contributed by atoms with Crippen LogP contribution in [0.5, 0.6) is 0 Å². The Morgan fingerprint density at radius 3 is 2.76 bits per heavy atom. The number of benzene rings is 1. The SMILES string of the molecule is CCNC(C)c1cc(Br)ccc1N1CCN(C)C(CC)C1. The third-order valence-electron chi connectivity index (χ3n) is 4.56. The second-order valence-corrected chi connectivity index (χ2v) is 6.89. The maximum absolute atomic E-state index is 3.62. The lowest BCUT2D eigenvalue weighted by molar-refractivity contribution is 0.213. The monoisotopic (exact) mass is 353 g/mol. The summed E-state index contributed by atoms with van der Waals surface area (Å²) < 4.78 is 1.16. The van der Waals surface area contributed by atoms with E-state index in [1.54, 1.807) is 0 Å². The predicted molar refractivity (Wildman–Crippen MR) is 95.2 cm³/mol. The molecule has 1 N–H and O–H groups in total. The molecule has 21 heavy (non-hydrogen) atoms. The summed E-state index contributed by atoms with van der Waals surface area (Å²) >= 11 is 3.62. The van der Waals surface area contributed by atoms with Gasteiger partial charge in [0.25, 0.3) is 0 Å². The Labute approximate surface area is 137 Å². The van der Waals surface area contributed by atoms with Crippen LogP contribution in [0.25, 0.3) is 0 Å². The van der Waals surface area contributed by atoms with Gasteiger partial charge in [0.05, 0.1) is 0 Å². The van der Waals surface area contributed by atoms with Crippen LogP contribution in [0.2, 0.25) is 0 Å². The fraction of sp³-hybridized carbons (Fsp3) is 0.647.